The van der Waals surface area contributed by atoms with E-state index in [1.165, 1.54) is 37.9 Å². The smallest absolute Gasteiger partial charge is 0.0314 e. The zero-order valence-corrected chi connectivity index (χ0v) is 11.0. The van der Waals surface area contributed by atoms with Crippen molar-refractivity contribution < 1.29 is 0 Å². The molecule has 0 amide bonds. The first-order valence-electron chi connectivity index (χ1n) is 6.80. The third-order valence-electron chi connectivity index (χ3n) is 3.82. The van der Waals surface area contributed by atoms with E-state index in [0.29, 0.717) is 5.92 Å². The summed E-state index contributed by atoms with van der Waals surface area (Å²) in [6, 6.07) is 9.22. The molecule has 0 aromatic heterocycles. The van der Waals surface area contributed by atoms with Gasteiger partial charge in [0.1, 0.15) is 0 Å². The summed E-state index contributed by atoms with van der Waals surface area (Å²) >= 11 is 0. The number of hydrogen-bond acceptors (Lipinski definition) is 2. The summed E-state index contributed by atoms with van der Waals surface area (Å²) in [6.07, 6.45) is 4.06. The van der Waals surface area contributed by atoms with E-state index in [4.69, 9.17) is 5.73 Å². The van der Waals surface area contributed by atoms with Crippen molar-refractivity contribution in [1.29, 1.82) is 0 Å². The first-order chi connectivity index (χ1) is 8.20. The predicted molar refractivity (Wildman–Crippen MR) is 74.2 cm³/mol. The Morgan fingerprint density at radius 2 is 1.94 bits per heavy atom. The summed E-state index contributed by atoms with van der Waals surface area (Å²) in [7, 11) is 0. The van der Waals surface area contributed by atoms with Crippen molar-refractivity contribution >= 4 is 5.69 Å². The molecular formula is C15H24N2. The lowest BCUT2D eigenvalue weighted by molar-refractivity contribution is 0.268. The molecule has 1 aromatic carbocycles. The summed E-state index contributed by atoms with van der Waals surface area (Å²) < 4.78 is 0. The van der Waals surface area contributed by atoms with Gasteiger partial charge in [0.15, 0.2) is 0 Å². The molecule has 0 heterocycles. The average Bonchev–Trinajstić information content (AvgIpc) is 3.15. The third-order valence-corrected chi connectivity index (χ3v) is 3.82. The Balaban J connectivity index is 1.83. The molecule has 1 saturated carbocycles. The predicted octanol–water partition coefficient (Wildman–Crippen LogP) is 3.25. The molecule has 17 heavy (non-hydrogen) atoms. The molecule has 2 rings (SSSR count). The van der Waals surface area contributed by atoms with Crippen molar-refractivity contribution in [1.82, 2.24) is 4.90 Å². The molecule has 1 aromatic rings. The second kappa shape index (κ2) is 5.54. The lowest BCUT2D eigenvalue weighted by atomic mass is 9.97. The third kappa shape index (κ3) is 3.47. The Morgan fingerprint density at radius 1 is 1.29 bits per heavy atom. The summed E-state index contributed by atoms with van der Waals surface area (Å²) in [5.74, 6) is 0.628. The van der Waals surface area contributed by atoms with Crippen LogP contribution >= 0.6 is 0 Å². The van der Waals surface area contributed by atoms with Crippen LogP contribution in [0.1, 0.15) is 44.6 Å². The van der Waals surface area contributed by atoms with Gasteiger partial charge in [-0.25, -0.2) is 0 Å². The standard InChI is InChI=1S/C15H24N2/c1-3-17(15-8-9-15)11-10-12(2)13-4-6-14(16)7-5-13/h4-7,12,15H,3,8-11,16H2,1-2H3. The van der Waals surface area contributed by atoms with Gasteiger partial charge in [0.2, 0.25) is 0 Å². The molecule has 2 nitrogen and oxygen atoms in total. The molecule has 1 unspecified atom stereocenters. The number of rotatable bonds is 6. The number of benzene rings is 1. The van der Waals surface area contributed by atoms with Gasteiger partial charge in [-0.1, -0.05) is 26.0 Å². The first kappa shape index (κ1) is 12.4. The molecule has 0 spiro atoms. The number of hydrogen-bond donors (Lipinski definition) is 1. The van der Waals surface area contributed by atoms with Gasteiger partial charge >= 0.3 is 0 Å². The minimum atomic E-state index is 0.628. The summed E-state index contributed by atoms with van der Waals surface area (Å²) in [5.41, 5.74) is 7.97. The van der Waals surface area contributed by atoms with Crippen molar-refractivity contribution in [3.8, 4) is 0 Å². The van der Waals surface area contributed by atoms with Crippen LogP contribution in [-0.4, -0.2) is 24.0 Å². The first-order valence-corrected chi connectivity index (χ1v) is 6.80. The van der Waals surface area contributed by atoms with Crippen LogP contribution in [0.3, 0.4) is 0 Å². The van der Waals surface area contributed by atoms with E-state index in [9.17, 15) is 0 Å². The molecule has 1 atom stereocenters. The van der Waals surface area contributed by atoms with Crippen LogP contribution in [0.15, 0.2) is 24.3 Å². The highest BCUT2D eigenvalue weighted by Crippen LogP contribution is 2.28. The zero-order chi connectivity index (χ0) is 12.3. The van der Waals surface area contributed by atoms with E-state index < -0.39 is 0 Å². The topological polar surface area (TPSA) is 29.3 Å². The summed E-state index contributed by atoms with van der Waals surface area (Å²) in [5, 5.41) is 0. The molecular weight excluding hydrogens is 208 g/mol. The maximum Gasteiger partial charge on any atom is 0.0314 e. The fraction of sp³-hybridized carbons (Fsp3) is 0.600. The van der Waals surface area contributed by atoms with Crippen molar-refractivity contribution in [2.75, 3.05) is 18.8 Å². The molecule has 0 bridgehead atoms. The van der Waals surface area contributed by atoms with Gasteiger partial charge in [0, 0.05) is 11.7 Å². The van der Waals surface area contributed by atoms with Crippen LogP contribution < -0.4 is 5.73 Å². The maximum absolute atomic E-state index is 5.71. The van der Waals surface area contributed by atoms with E-state index in [0.717, 1.165) is 11.7 Å². The Hall–Kier alpha value is -1.02. The molecule has 0 radical (unpaired) electrons. The normalized spacial score (nSPS) is 17.4. The second-order valence-corrected chi connectivity index (χ2v) is 5.22. The van der Waals surface area contributed by atoms with Crippen LogP contribution in [-0.2, 0) is 0 Å². The fourth-order valence-corrected chi connectivity index (χ4v) is 2.39. The van der Waals surface area contributed by atoms with Crippen LogP contribution in [0.25, 0.3) is 0 Å². The zero-order valence-electron chi connectivity index (χ0n) is 11.0. The van der Waals surface area contributed by atoms with Crippen molar-refractivity contribution in [2.24, 2.45) is 0 Å². The van der Waals surface area contributed by atoms with Crippen LogP contribution in [0.5, 0.6) is 0 Å². The van der Waals surface area contributed by atoms with Gasteiger partial charge in [0.25, 0.3) is 0 Å². The molecule has 2 N–H and O–H groups in total. The fourth-order valence-electron chi connectivity index (χ4n) is 2.39. The number of nitrogen functional groups attached to an aromatic ring is 1. The van der Waals surface area contributed by atoms with E-state index in [2.05, 4.69) is 30.9 Å². The molecule has 94 valence electrons. The molecule has 1 fully saturated rings. The highest BCUT2D eigenvalue weighted by atomic mass is 15.2. The minimum absolute atomic E-state index is 0.628. The van der Waals surface area contributed by atoms with Gasteiger partial charge in [0.05, 0.1) is 0 Å². The van der Waals surface area contributed by atoms with Crippen molar-refractivity contribution in [3.05, 3.63) is 29.8 Å². The van der Waals surface area contributed by atoms with Crippen molar-refractivity contribution in [2.45, 2.75) is 45.1 Å². The largest absolute Gasteiger partial charge is 0.399 e. The summed E-state index contributed by atoms with van der Waals surface area (Å²) in [4.78, 5) is 2.62. The van der Waals surface area contributed by atoms with Gasteiger partial charge in [-0.3, -0.25) is 0 Å². The highest BCUT2D eigenvalue weighted by Gasteiger charge is 2.27. The molecule has 0 saturated heterocycles. The molecule has 0 aliphatic heterocycles. The Kier molecular flexibility index (Phi) is 4.06. The highest BCUT2D eigenvalue weighted by molar-refractivity contribution is 5.40. The molecule has 1 aliphatic rings. The number of anilines is 1. The van der Waals surface area contributed by atoms with Crippen LogP contribution in [0.2, 0.25) is 0 Å². The molecule has 1 aliphatic carbocycles. The van der Waals surface area contributed by atoms with E-state index in [-0.39, 0.29) is 0 Å². The SMILES string of the molecule is CCN(CCC(C)c1ccc(N)cc1)C1CC1. The Bertz CT molecular complexity index is 340. The van der Waals surface area contributed by atoms with Gasteiger partial charge in [-0.15, -0.1) is 0 Å². The van der Waals surface area contributed by atoms with E-state index >= 15 is 0 Å². The molecule has 2 heteroatoms. The van der Waals surface area contributed by atoms with Gasteiger partial charge in [-0.2, -0.15) is 0 Å². The lowest BCUT2D eigenvalue weighted by Gasteiger charge is -2.22. The monoisotopic (exact) mass is 232 g/mol. The Morgan fingerprint density at radius 3 is 2.47 bits per heavy atom. The van der Waals surface area contributed by atoms with Crippen LogP contribution in [0.4, 0.5) is 5.69 Å². The average molecular weight is 232 g/mol. The maximum atomic E-state index is 5.71. The minimum Gasteiger partial charge on any atom is -0.399 e. The quantitative estimate of drug-likeness (QED) is 0.763. The lowest BCUT2D eigenvalue weighted by Crippen LogP contribution is -2.27. The van der Waals surface area contributed by atoms with E-state index in [1.54, 1.807) is 0 Å². The van der Waals surface area contributed by atoms with Crippen LogP contribution in [0, 0.1) is 0 Å². The van der Waals surface area contributed by atoms with Gasteiger partial charge in [-0.05, 0) is 56.0 Å². The van der Waals surface area contributed by atoms with E-state index in [1.807, 2.05) is 12.1 Å². The van der Waals surface area contributed by atoms with Gasteiger partial charge < -0.3 is 10.6 Å². The van der Waals surface area contributed by atoms with Crippen molar-refractivity contribution in [3.63, 3.8) is 0 Å². The second-order valence-electron chi connectivity index (χ2n) is 5.22. The number of nitrogens with two attached hydrogens (primary N) is 1. The summed E-state index contributed by atoms with van der Waals surface area (Å²) in [6.45, 7) is 7.00. The Labute approximate surface area is 105 Å². The number of nitrogens with zero attached hydrogens (tertiary/aromatic N) is 1.